The van der Waals surface area contributed by atoms with Crippen molar-refractivity contribution in [2.24, 2.45) is 0 Å². The van der Waals surface area contributed by atoms with Crippen LogP contribution in [-0.4, -0.2) is 50.3 Å². The molecule has 0 spiro atoms. The number of nitrogens with one attached hydrogen (secondary N) is 1. The van der Waals surface area contributed by atoms with Gasteiger partial charge in [0.25, 0.3) is 0 Å². The summed E-state index contributed by atoms with van der Waals surface area (Å²) >= 11 is 0. The fourth-order valence-electron chi connectivity index (χ4n) is 2.06. The Morgan fingerprint density at radius 2 is 1.81 bits per heavy atom. The molecule has 1 fully saturated rings. The first-order chi connectivity index (χ1) is 7.79. The van der Waals surface area contributed by atoms with Gasteiger partial charge in [-0.1, -0.05) is 13.8 Å². The number of ether oxygens (including phenoxy) is 1. The molecule has 0 atom stereocenters. The van der Waals surface area contributed by atoms with Crippen molar-refractivity contribution < 1.29 is 4.74 Å². The molecule has 0 unspecified atom stereocenters. The maximum atomic E-state index is 5.61. The number of nitrogens with zero attached hydrogens (tertiary/aromatic N) is 1. The van der Waals surface area contributed by atoms with Crippen LogP contribution in [0.1, 0.15) is 39.5 Å². The molecule has 3 nitrogen and oxygen atoms in total. The Hall–Kier alpha value is -0.120. The molecule has 0 aromatic heterocycles. The summed E-state index contributed by atoms with van der Waals surface area (Å²) in [4.78, 5) is 2.55. The molecule has 96 valence electrons. The molecule has 1 heterocycles. The highest BCUT2D eigenvalue weighted by Gasteiger charge is 2.09. The third-order valence-electron chi connectivity index (χ3n) is 2.98. The summed E-state index contributed by atoms with van der Waals surface area (Å²) in [5.74, 6) is 0. The van der Waals surface area contributed by atoms with Crippen LogP contribution in [0.3, 0.4) is 0 Å². The van der Waals surface area contributed by atoms with E-state index in [0.717, 1.165) is 26.2 Å². The molecule has 1 rings (SSSR count). The molecule has 0 aliphatic carbocycles. The molecule has 0 amide bonds. The first-order valence-corrected chi connectivity index (χ1v) is 6.82. The average Bonchev–Trinajstić information content (AvgIpc) is 2.74. The molecule has 1 aliphatic heterocycles. The summed E-state index contributed by atoms with van der Waals surface area (Å²) in [6.45, 7) is 11.1. The van der Waals surface area contributed by atoms with Gasteiger partial charge in [0.15, 0.2) is 0 Å². The maximum absolute atomic E-state index is 5.61. The second-order valence-corrected chi connectivity index (χ2v) is 4.98. The van der Waals surface area contributed by atoms with Crippen LogP contribution in [0.4, 0.5) is 0 Å². The lowest BCUT2D eigenvalue weighted by atomic mass is 10.3. The summed E-state index contributed by atoms with van der Waals surface area (Å²) in [6.07, 6.45) is 5.10. The van der Waals surface area contributed by atoms with Crippen molar-refractivity contribution in [3.8, 4) is 0 Å². The topological polar surface area (TPSA) is 24.5 Å². The molecule has 0 radical (unpaired) electrons. The zero-order valence-corrected chi connectivity index (χ0v) is 11.0. The van der Waals surface area contributed by atoms with E-state index in [0.29, 0.717) is 6.04 Å². The second-order valence-electron chi connectivity index (χ2n) is 4.98. The van der Waals surface area contributed by atoms with E-state index in [1.807, 2.05) is 0 Å². The Balaban J connectivity index is 1.74. The minimum atomic E-state index is 0.593. The molecule has 1 saturated heterocycles. The highest BCUT2D eigenvalue weighted by molar-refractivity contribution is 4.65. The minimum Gasteiger partial charge on any atom is -0.381 e. The van der Waals surface area contributed by atoms with Gasteiger partial charge in [0.1, 0.15) is 0 Å². The van der Waals surface area contributed by atoms with E-state index >= 15 is 0 Å². The van der Waals surface area contributed by atoms with Crippen molar-refractivity contribution in [3.05, 3.63) is 0 Å². The molecule has 0 aromatic carbocycles. The van der Waals surface area contributed by atoms with Gasteiger partial charge in [-0.2, -0.15) is 0 Å². The minimum absolute atomic E-state index is 0.593. The lowest BCUT2D eigenvalue weighted by Crippen LogP contribution is -2.24. The Morgan fingerprint density at radius 1 is 1.12 bits per heavy atom. The Labute approximate surface area is 101 Å². The van der Waals surface area contributed by atoms with E-state index in [9.17, 15) is 0 Å². The fraction of sp³-hybridized carbons (Fsp3) is 1.00. The van der Waals surface area contributed by atoms with E-state index < -0.39 is 0 Å². The van der Waals surface area contributed by atoms with Gasteiger partial charge in [0.05, 0.1) is 0 Å². The first-order valence-electron chi connectivity index (χ1n) is 6.82. The van der Waals surface area contributed by atoms with E-state index in [-0.39, 0.29) is 0 Å². The standard InChI is InChI=1S/C13H28N2O/c1-13(2)14-7-5-11-16-12-6-10-15-8-3-4-9-15/h13-14H,3-12H2,1-2H3. The zero-order chi connectivity index (χ0) is 11.6. The lowest BCUT2D eigenvalue weighted by molar-refractivity contribution is 0.121. The number of hydrogen-bond acceptors (Lipinski definition) is 3. The van der Waals surface area contributed by atoms with Crippen LogP contribution in [0.5, 0.6) is 0 Å². The summed E-state index contributed by atoms with van der Waals surface area (Å²) in [7, 11) is 0. The summed E-state index contributed by atoms with van der Waals surface area (Å²) in [5, 5.41) is 3.39. The third kappa shape index (κ3) is 7.20. The Morgan fingerprint density at radius 3 is 2.50 bits per heavy atom. The SMILES string of the molecule is CC(C)NCCCOCCCN1CCCC1. The molecule has 0 saturated carbocycles. The monoisotopic (exact) mass is 228 g/mol. The number of hydrogen-bond donors (Lipinski definition) is 1. The first kappa shape index (κ1) is 13.9. The van der Waals surface area contributed by atoms with Gasteiger partial charge in [-0.3, -0.25) is 0 Å². The van der Waals surface area contributed by atoms with Crippen LogP contribution in [0.25, 0.3) is 0 Å². The van der Waals surface area contributed by atoms with Crippen LogP contribution in [0.2, 0.25) is 0 Å². The summed E-state index contributed by atoms with van der Waals surface area (Å²) < 4.78 is 5.61. The average molecular weight is 228 g/mol. The molecule has 0 bridgehead atoms. The molecule has 16 heavy (non-hydrogen) atoms. The van der Waals surface area contributed by atoms with Crippen molar-refractivity contribution in [2.45, 2.75) is 45.6 Å². The van der Waals surface area contributed by atoms with Crippen LogP contribution in [0, 0.1) is 0 Å². The quantitative estimate of drug-likeness (QED) is 0.610. The maximum Gasteiger partial charge on any atom is 0.0478 e. The predicted octanol–water partition coefficient (Wildman–Crippen LogP) is 1.88. The van der Waals surface area contributed by atoms with E-state index in [2.05, 4.69) is 24.1 Å². The van der Waals surface area contributed by atoms with Crippen molar-refractivity contribution in [2.75, 3.05) is 39.4 Å². The predicted molar refractivity (Wildman–Crippen MR) is 68.9 cm³/mol. The second kappa shape index (κ2) is 8.97. The van der Waals surface area contributed by atoms with Crippen LogP contribution >= 0.6 is 0 Å². The lowest BCUT2D eigenvalue weighted by Gasteiger charge is -2.14. The fourth-order valence-corrected chi connectivity index (χ4v) is 2.06. The van der Waals surface area contributed by atoms with E-state index in [1.165, 1.54) is 38.9 Å². The van der Waals surface area contributed by atoms with E-state index in [1.54, 1.807) is 0 Å². The van der Waals surface area contributed by atoms with Gasteiger partial charge in [-0.25, -0.2) is 0 Å². The van der Waals surface area contributed by atoms with Gasteiger partial charge in [0.2, 0.25) is 0 Å². The van der Waals surface area contributed by atoms with Gasteiger partial charge in [-0.05, 0) is 45.3 Å². The Bertz CT molecular complexity index is 156. The van der Waals surface area contributed by atoms with Gasteiger partial charge in [0, 0.05) is 25.8 Å². The smallest absolute Gasteiger partial charge is 0.0478 e. The van der Waals surface area contributed by atoms with Crippen LogP contribution in [0.15, 0.2) is 0 Å². The molecular weight excluding hydrogens is 200 g/mol. The zero-order valence-electron chi connectivity index (χ0n) is 11.0. The van der Waals surface area contributed by atoms with E-state index in [4.69, 9.17) is 4.74 Å². The highest BCUT2D eigenvalue weighted by atomic mass is 16.5. The van der Waals surface area contributed by atoms with Crippen molar-refractivity contribution in [1.82, 2.24) is 10.2 Å². The molecule has 0 aromatic rings. The van der Waals surface area contributed by atoms with Gasteiger partial charge < -0.3 is 15.0 Å². The Kier molecular flexibility index (Phi) is 7.81. The van der Waals surface area contributed by atoms with Gasteiger partial charge in [-0.15, -0.1) is 0 Å². The largest absolute Gasteiger partial charge is 0.381 e. The van der Waals surface area contributed by atoms with Crippen molar-refractivity contribution >= 4 is 0 Å². The summed E-state index contributed by atoms with van der Waals surface area (Å²) in [5.41, 5.74) is 0. The van der Waals surface area contributed by atoms with Crippen molar-refractivity contribution in [1.29, 1.82) is 0 Å². The highest BCUT2D eigenvalue weighted by Crippen LogP contribution is 2.07. The molecule has 3 heteroatoms. The van der Waals surface area contributed by atoms with Gasteiger partial charge >= 0.3 is 0 Å². The van der Waals surface area contributed by atoms with Crippen LogP contribution in [-0.2, 0) is 4.74 Å². The summed E-state index contributed by atoms with van der Waals surface area (Å²) in [6, 6.07) is 0.593. The van der Waals surface area contributed by atoms with Crippen molar-refractivity contribution in [3.63, 3.8) is 0 Å². The normalized spacial score (nSPS) is 17.4. The number of likely N-dealkylation sites (tertiary alicyclic amines) is 1. The molecular formula is C13H28N2O. The van der Waals surface area contributed by atoms with Crippen LogP contribution < -0.4 is 5.32 Å². The number of rotatable bonds is 9. The molecule has 1 N–H and O–H groups in total. The molecule has 1 aliphatic rings. The third-order valence-corrected chi connectivity index (χ3v) is 2.98.